The molecule has 0 saturated carbocycles. The number of fused-ring (bicyclic) bond motifs is 1. The quantitative estimate of drug-likeness (QED) is 0.202. The molecule has 1 fully saturated rings. The van der Waals surface area contributed by atoms with Crippen molar-refractivity contribution in [1.29, 1.82) is 0 Å². The molecule has 147 valence electrons. The van der Waals surface area contributed by atoms with Gasteiger partial charge in [0, 0.05) is 0 Å². The third-order valence-electron chi connectivity index (χ3n) is 4.42. The second kappa shape index (κ2) is 7.87. The SMILES string of the molecule is Nc1ncnc2c1ncn2[C@]1(N[C@@H](CCS)C(=O)O)O[C@H](C[Se])[C@@H](O)[C@H]1O. The van der Waals surface area contributed by atoms with E-state index in [1.165, 1.54) is 17.2 Å². The van der Waals surface area contributed by atoms with Crippen LogP contribution in [0.1, 0.15) is 6.42 Å². The summed E-state index contributed by atoms with van der Waals surface area (Å²) < 4.78 is 7.26. The molecule has 3 rings (SSSR count). The van der Waals surface area contributed by atoms with E-state index in [0.717, 1.165) is 0 Å². The number of anilines is 1. The summed E-state index contributed by atoms with van der Waals surface area (Å²) in [5, 5.41) is 33.9. The van der Waals surface area contributed by atoms with Crippen molar-refractivity contribution in [2.24, 2.45) is 0 Å². The number of imidazole rings is 1. The molecule has 27 heavy (non-hydrogen) atoms. The van der Waals surface area contributed by atoms with Crippen LogP contribution in [0.25, 0.3) is 11.2 Å². The molecule has 0 aliphatic carbocycles. The number of carbonyl (C=O) groups is 1. The van der Waals surface area contributed by atoms with E-state index in [0.29, 0.717) is 0 Å². The Balaban J connectivity index is 2.15. The number of thiol groups is 1. The van der Waals surface area contributed by atoms with Crippen molar-refractivity contribution < 1.29 is 24.9 Å². The van der Waals surface area contributed by atoms with E-state index in [1.807, 2.05) is 0 Å². The molecule has 1 aliphatic heterocycles. The van der Waals surface area contributed by atoms with Gasteiger partial charge in [0.2, 0.25) is 0 Å². The summed E-state index contributed by atoms with van der Waals surface area (Å²) in [5.74, 6) is -2.58. The number of ether oxygens (including phenoxy) is 1. The van der Waals surface area contributed by atoms with E-state index in [1.54, 1.807) is 0 Å². The summed E-state index contributed by atoms with van der Waals surface area (Å²) in [7, 11) is 0. The molecule has 0 amide bonds. The maximum atomic E-state index is 11.7. The Morgan fingerprint density at radius 2 is 2.22 bits per heavy atom. The second-order valence-electron chi connectivity index (χ2n) is 6.05. The minimum atomic E-state index is -1.82. The number of nitrogens with two attached hydrogens (primary N) is 1. The van der Waals surface area contributed by atoms with E-state index in [4.69, 9.17) is 10.5 Å². The molecule has 6 N–H and O–H groups in total. The van der Waals surface area contributed by atoms with Crippen LogP contribution >= 0.6 is 12.6 Å². The third kappa shape index (κ3) is 3.40. The number of nitrogens with zero attached hydrogens (tertiary/aromatic N) is 4. The van der Waals surface area contributed by atoms with Crippen LogP contribution in [0.5, 0.6) is 0 Å². The molecule has 0 spiro atoms. The summed E-state index contributed by atoms with van der Waals surface area (Å²) in [5.41, 5.74) is 6.29. The predicted octanol–water partition coefficient (Wildman–Crippen LogP) is -1.91. The first-order valence-corrected chi connectivity index (χ1v) is 9.87. The zero-order chi connectivity index (χ0) is 19.8. The summed E-state index contributed by atoms with van der Waals surface area (Å²) in [6.45, 7) is 0. The zero-order valence-electron chi connectivity index (χ0n) is 14.0. The number of aliphatic hydroxyl groups excluding tert-OH is 2. The van der Waals surface area contributed by atoms with Gasteiger partial charge >= 0.3 is 167 Å². The van der Waals surface area contributed by atoms with Crippen LogP contribution in [0.15, 0.2) is 12.7 Å². The Bertz CT molecular complexity index is 839. The molecule has 5 atom stereocenters. The minimum absolute atomic E-state index is 0.118. The van der Waals surface area contributed by atoms with Crippen LogP contribution in [0.4, 0.5) is 5.82 Å². The van der Waals surface area contributed by atoms with E-state index in [-0.39, 0.29) is 34.5 Å². The Labute approximate surface area is 167 Å². The van der Waals surface area contributed by atoms with E-state index in [2.05, 4.69) is 48.9 Å². The van der Waals surface area contributed by atoms with Gasteiger partial charge in [-0.3, -0.25) is 0 Å². The number of hydrogen-bond donors (Lipinski definition) is 6. The number of nitrogens with one attached hydrogen (secondary N) is 1. The molecular weight excluding hydrogens is 443 g/mol. The first-order valence-electron chi connectivity index (χ1n) is 8.03. The van der Waals surface area contributed by atoms with Gasteiger partial charge in [-0.2, -0.15) is 0 Å². The van der Waals surface area contributed by atoms with Crippen LogP contribution in [-0.2, 0) is 15.4 Å². The van der Waals surface area contributed by atoms with Crippen molar-refractivity contribution in [2.75, 3.05) is 11.5 Å². The number of carboxylic acid groups (broad SMARTS) is 1. The van der Waals surface area contributed by atoms with Crippen molar-refractivity contribution in [2.45, 2.75) is 41.9 Å². The zero-order valence-corrected chi connectivity index (χ0v) is 16.6. The summed E-state index contributed by atoms with van der Waals surface area (Å²) in [6.07, 6.45) is -0.894. The number of hydrogen-bond acceptors (Lipinski definition) is 10. The summed E-state index contributed by atoms with van der Waals surface area (Å²) >= 11 is 6.83. The number of carboxylic acids is 1. The number of nitrogen functional groups attached to an aromatic ring is 1. The van der Waals surface area contributed by atoms with Gasteiger partial charge in [0.25, 0.3) is 0 Å². The van der Waals surface area contributed by atoms with Gasteiger partial charge in [-0.25, -0.2) is 0 Å². The first-order chi connectivity index (χ1) is 12.9. The van der Waals surface area contributed by atoms with Gasteiger partial charge in [0.1, 0.15) is 0 Å². The fourth-order valence-corrected chi connectivity index (χ4v) is 3.87. The van der Waals surface area contributed by atoms with Gasteiger partial charge in [0.15, 0.2) is 0 Å². The Kier molecular flexibility index (Phi) is 5.91. The molecule has 0 aromatic carbocycles. The van der Waals surface area contributed by atoms with Crippen LogP contribution in [0, 0.1) is 0 Å². The van der Waals surface area contributed by atoms with Crippen molar-refractivity contribution >= 4 is 51.6 Å². The van der Waals surface area contributed by atoms with Gasteiger partial charge < -0.3 is 0 Å². The fraction of sp³-hybridized carbons (Fsp3) is 0.571. The average Bonchev–Trinajstić information content (AvgIpc) is 3.18. The van der Waals surface area contributed by atoms with E-state index < -0.39 is 36.2 Å². The molecule has 11 nitrogen and oxygen atoms in total. The van der Waals surface area contributed by atoms with Gasteiger partial charge in [-0.15, -0.1) is 0 Å². The topological polar surface area (TPSA) is 169 Å². The monoisotopic (exact) mass is 463 g/mol. The van der Waals surface area contributed by atoms with Crippen molar-refractivity contribution in [1.82, 2.24) is 24.8 Å². The molecule has 1 aliphatic rings. The molecule has 1 radical (unpaired) electrons. The molecule has 0 unspecified atom stereocenters. The van der Waals surface area contributed by atoms with Crippen molar-refractivity contribution in [3.8, 4) is 0 Å². The number of aliphatic carboxylic acids is 1. The number of rotatable bonds is 7. The van der Waals surface area contributed by atoms with Crippen LogP contribution in [0.3, 0.4) is 0 Å². The Morgan fingerprint density at radius 3 is 2.81 bits per heavy atom. The van der Waals surface area contributed by atoms with Crippen molar-refractivity contribution in [3.05, 3.63) is 12.7 Å². The van der Waals surface area contributed by atoms with Gasteiger partial charge in [-0.05, 0) is 0 Å². The average molecular weight is 462 g/mol. The van der Waals surface area contributed by atoms with Crippen LogP contribution in [-0.4, -0.2) is 86.9 Å². The molecule has 2 aromatic rings. The summed E-state index contributed by atoms with van der Waals surface area (Å²) in [6, 6.07) is -1.11. The standard InChI is InChI=1S/C14H19N6O5SSe/c15-11-8-12(17-4-16-11)20(5-18-8)14(19-6(1-2-26)13(23)24)10(22)9(21)7(3-27)25-14/h4-7,9-10,19,21-22,26H,1-3H2,(H,23,24)(H2,15,16,17)/t6-,7+,9+,10+,14-/m0/s1. The Hall–Kier alpha value is -1.47. The van der Waals surface area contributed by atoms with Crippen molar-refractivity contribution in [3.63, 3.8) is 0 Å². The summed E-state index contributed by atoms with van der Waals surface area (Å²) in [4.78, 5) is 23.8. The van der Waals surface area contributed by atoms with Crippen LogP contribution < -0.4 is 11.1 Å². The maximum absolute atomic E-state index is 11.7. The van der Waals surface area contributed by atoms with Gasteiger partial charge in [0.05, 0.1) is 0 Å². The molecule has 1 saturated heterocycles. The fourth-order valence-electron chi connectivity index (χ4n) is 3.06. The second-order valence-corrected chi connectivity index (χ2v) is 7.19. The normalized spacial score (nSPS) is 29.3. The molecule has 0 bridgehead atoms. The number of aromatic nitrogens is 4. The van der Waals surface area contributed by atoms with E-state index in [9.17, 15) is 20.1 Å². The first kappa shape index (κ1) is 20.3. The molecule has 2 aromatic heterocycles. The Morgan fingerprint density at radius 1 is 1.48 bits per heavy atom. The third-order valence-corrected chi connectivity index (χ3v) is 5.36. The molecule has 3 heterocycles. The number of aliphatic hydroxyl groups is 2. The molecular formula is C14H19N6O5SSe. The predicted molar refractivity (Wildman–Crippen MR) is 98.2 cm³/mol. The van der Waals surface area contributed by atoms with Gasteiger partial charge in [-0.1, -0.05) is 0 Å². The van der Waals surface area contributed by atoms with Crippen LogP contribution in [0.2, 0.25) is 5.32 Å². The van der Waals surface area contributed by atoms with E-state index >= 15 is 0 Å². The molecule has 13 heteroatoms.